The van der Waals surface area contributed by atoms with Crippen LogP contribution >= 0.6 is 11.6 Å². The molecule has 5 nitrogen and oxygen atoms in total. The van der Waals surface area contributed by atoms with Crippen molar-refractivity contribution in [1.82, 2.24) is 5.06 Å². The first kappa shape index (κ1) is 21.5. The summed E-state index contributed by atoms with van der Waals surface area (Å²) in [4.78, 5) is 7.65. The smallest absolute Gasteiger partial charge is 0.163 e. The molecule has 0 spiro atoms. The van der Waals surface area contributed by atoms with Crippen LogP contribution in [0.5, 0.6) is 0 Å². The molecule has 1 heterocycles. The molecule has 0 aromatic heterocycles. The number of hydrogen-bond acceptors (Lipinski definition) is 5. The van der Waals surface area contributed by atoms with Crippen molar-refractivity contribution in [3.05, 3.63) is 64.2 Å². The zero-order chi connectivity index (χ0) is 20.8. The second-order valence-corrected chi connectivity index (χ2v) is 7.18. The summed E-state index contributed by atoms with van der Waals surface area (Å²) in [5.41, 5.74) is 1.35. The summed E-state index contributed by atoms with van der Waals surface area (Å²) < 4.78 is 33.2. The van der Waals surface area contributed by atoms with Crippen molar-refractivity contribution in [2.24, 2.45) is 0 Å². The molecule has 1 atom stereocenters. The molecule has 1 aliphatic heterocycles. The van der Waals surface area contributed by atoms with Gasteiger partial charge in [-0.3, -0.25) is 4.84 Å². The number of benzene rings is 2. The maximum atomic E-state index is 14.4. The van der Waals surface area contributed by atoms with Crippen LogP contribution in [-0.2, 0) is 16.1 Å². The normalized spacial score (nSPS) is 17.1. The highest BCUT2D eigenvalue weighted by Gasteiger charge is 2.28. The van der Waals surface area contributed by atoms with E-state index in [1.54, 1.807) is 31.4 Å². The lowest BCUT2D eigenvalue weighted by molar-refractivity contribution is -0.190. The van der Waals surface area contributed by atoms with Gasteiger partial charge in [-0.1, -0.05) is 23.7 Å². The van der Waals surface area contributed by atoms with E-state index >= 15 is 0 Å². The highest BCUT2D eigenvalue weighted by atomic mass is 35.5. The molecule has 0 unspecified atom stereocenters. The van der Waals surface area contributed by atoms with E-state index in [9.17, 15) is 8.78 Å². The Morgan fingerprint density at radius 1 is 1.34 bits per heavy atom. The van der Waals surface area contributed by atoms with Gasteiger partial charge in [0.05, 0.1) is 23.8 Å². The standard InChI is InChI=1S/C21H22ClF2N3O2/c1-28-10-8-26-14-18(7-9-29-26)27(13-16-3-2-4-20(23)21(16)24)17-6-5-15(12-25)19(22)11-17/h2-6,11,18H,7-10,13-14H2,1H3/t18-/m0/s1. The predicted octanol–water partition coefficient (Wildman–Crippen LogP) is 4.15. The first-order valence-electron chi connectivity index (χ1n) is 9.29. The summed E-state index contributed by atoms with van der Waals surface area (Å²) in [6.45, 7) is 2.35. The Labute approximate surface area is 173 Å². The molecule has 0 amide bonds. The lowest BCUT2D eigenvalue weighted by Gasteiger charge is -2.40. The Kier molecular flexibility index (Phi) is 7.40. The fourth-order valence-electron chi connectivity index (χ4n) is 3.36. The third-order valence-electron chi connectivity index (χ3n) is 4.90. The summed E-state index contributed by atoms with van der Waals surface area (Å²) in [5, 5.41) is 11.3. The van der Waals surface area contributed by atoms with Crippen LogP contribution in [0.2, 0.25) is 5.02 Å². The summed E-state index contributed by atoms with van der Waals surface area (Å²) in [6.07, 6.45) is 0.706. The first-order valence-corrected chi connectivity index (χ1v) is 9.67. The summed E-state index contributed by atoms with van der Waals surface area (Å²) in [7, 11) is 1.62. The second-order valence-electron chi connectivity index (χ2n) is 6.77. The largest absolute Gasteiger partial charge is 0.383 e. The van der Waals surface area contributed by atoms with Crippen LogP contribution in [0.4, 0.5) is 14.5 Å². The minimum atomic E-state index is -0.881. The monoisotopic (exact) mass is 421 g/mol. The van der Waals surface area contributed by atoms with E-state index in [4.69, 9.17) is 26.4 Å². The van der Waals surface area contributed by atoms with Crippen LogP contribution in [0.25, 0.3) is 0 Å². The predicted molar refractivity (Wildman–Crippen MR) is 107 cm³/mol. The number of rotatable bonds is 7. The van der Waals surface area contributed by atoms with Crippen molar-refractivity contribution < 1.29 is 18.4 Å². The van der Waals surface area contributed by atoms with E-state index < -0.39 is 11.6 Å². The Morgan fingerprint density at radius 3 is 2.90 bits per heavy atom. The number of nitrogens with zero attached hydrogens (tertiary/aromatic N) is 3. The summed E-state index contributed by atoms with van der Waals surface area (Å²) in [6, 6.07) is 11.3. The van der Waals surface area contributed by atoms with E-state index in [2.05, 4.69) is 0 Å². The molecule has 0 radical (unpaired) electrons. The molecule has 29 heavy (non-hydrogen) atoms. The van der Waals surface area contributed by atoms with Gasteiger partial charge in [-0.05, 0) is 30.7 Å². The van der Waals surface area contributed by atoms with Gasteiger partial charge in [0, 0.05) is 44.0 Å². The molecule has 1 aliphatic rings. The van der Waals surface area contributed by atoms with Crippen LogP contribution < -0.4 is 4.90 Å². The van der Waals surface area contributed by atoms with E-state index in [1.165, 1.54) is 6.07 Å². The van der Waals surface area contributed by atoms with Crippen LogP contribution in [-0.4, -0.2) is 44.5 Å². The molecule has 2 aromatic rings. The Hall–Kier alpha value is -2.24. The number of methoxy groups -OCH3 is 1. The van der Waals surface area contributed by atoms with Gasteiger partial charge in [-0.25, -0.2) is 8.78 Å². The van der Waals surface area contributed by atoms with Crippen molar-refractivity contribution >= 4 is 17.3 Å². The fourth-order valence-corrected chi connectivity index (χ4v) is 3.58. The lowest BCUT2D eigenvalue weighted by atomic mass is 10.1. The Morgan fingerprint density at radius 2 is 2.17 bits per heavy atom. The van der Waals surface area contributed by atoms with Crippen LogP contribution in [0, 0.1) is 23.0 Å². The maximum absolute atomic E-state index is 14.4. The molecule has 0 saturated carbocycles. The highest BCUT2D eigenvalue weighted by molar-refractivity contribution is 6.32. The molecule has 3 rings (SSSR count). The van der Waals surface area contributed by atoms with Gasteiger partial charge in [-0.15, -0.1) is 0 Å². The molecular weight excluding hydrogens is 400 g/mol. The number of hydrogen-bond donors (Lipinski definition) is 0. The van der Waals surface area contributed by atoms with Gasteiger partial charge in [0.15, 0.2) is 11.6 Å². The summed E-state index contributed by atoms with van der Waals surface area (Å²) >= 11 is 6.23. The molecule has 0 aliphatic carbocycles. The number of halogens is 3. The van der Waals surface area contributed by atoms with Gasteiger partial charge < -0.3 is 9.64 Å². The van der Waals surface area contributed by atoms with E-state index in [1.807, 2.05) is 16.0 Å². The van der Waals surface area contributed by atoms with Crippen molar-refractivity contribution in [2.75, 3.05) is 38.3 Å². The highest BCUT2D eigenvalue weighted by Crippen LogP contribution is 2.29. The average molecular weight is 422 g/mol. The minimum absolute atomic E-state index is 0.0210. The van der Waals surface area contributed by atoms with Gasteiger partial charge in [0.2, 0.25) is 0 Å². The molecule has 2 aromatic carbocycles. The zero-order valence-corrected chi connectivity index (χ0v) is 16.8. The molecule has 0 N–H and O–H groups in total. The third kappa shape index (κ3) is 5.22. The van der Waals surface area contributed by atoms with Crippen LogP contribution in [0.15, 0.2) is 36.4 Å². The van der Waals surface area contributed by atoms with Gasteiger partial charge >= 0.3 is 0 Å². The minimum Gasteiger partial charge on any atom is -0.383 e. The number of anilines is 1. The first-order chi connectivity index (χ1) is 14.0. The Bertz CT molecular complexity index is 891. The topological polar surface area (TPSA) is 48.7 Å². The zero-order valence-electron chi connectivity index (χ0n) is 16.1. The molecular formula is C21H22ClF2N3O2. The number of ether oxygens (including phenoxy) is 1. The maximum Gasteiger partial charge on any atom is 0.163 e. The van der Waals surface area contributed by atoms with Crippen LogP contribution in [0.1, 0.15) is 17.5 Å². The molecule has 8 heteroatoms. The second kappa shape index (κ2) is 9.99. The molecule has 0 bridgehead atoms. The van der Waals surface area contributed by atoms with Crippen molar-refractivity contribution in [3.63, 3.8) is 0 Å². The van der Waals surface area contributed by atoms with Gasteiger partial charge in [0.25, 0.3) is 0 Å². The van der Waals surface area contributed by atoms with Crippen molar-refractivity contribution in [1.29, 1.82) is 5.26 Å². The van der Waals surface area contributed by atoms with E-state index in [-0.39, 0.29) is 18.2 Å². The van der Waals surface area contributed by atoms with Crippen LogP contribution in [0.3, 0.4) is 0 Å². The SMILES string of the molecule is COCCN1C[C@@H](N(Cc2cccc(F)c2F)c2ccc(C#N)c(Cl)c2)CCO1. The fraction of sp³-hybridized carbons (Fsp3) is 0.381. The molecule has 1 fully saturated rings. The van der Waals surface area contributed by atoms with Crippen molar-refractivity contribution in [2.45, 2.75) is 19.0 Å². The number of hydroxylamine groups is 2. The van der Waals surface area contributed by atoms with Gasteiger partial charge in [0.1, 0.15) is 6.07 Å². The van der Waals surface area contributed by atoms with E-state index in [0.717, 1.165) is 11.8 Å². The van der Waals surface area contributed by atoms with Gasteiger partial charge in [-0.2, -0.15) is 10.3 Å². The molecule has 1 saturated heterocycles. The lowest BCUT2D eigenvalue weighted by Crippen LogP contribution is -2.49. The number of nitriles is 1. The summed E-state index contributed by atoms with van der Waals surface area (Å²) in [5.74, 6) is -1.74. The van der Waals surface area contributed by atoms with Crippen molar-refractivity contribution in [3.8, 4) is 6.07 Å². The third-order valence-corrected chi connectivity index (χ3v) is 5.21. The molecule has 154 valence electrons. The average Bonchev–Trinajstić information content (AvgIpc) is 2.73. The quantitative estimate of drug-likeness (QED) is 0.672. The van der Waals surface area contributed by atoms with E-state index in [0.29, 0.717) is 43.3 Å². The Balaban J connectivity index is 1.92.